The molecule has 35 heavy (non-hydrogen) atoms. The zero-order chi connectivity index (χ0) is 24.2. The molecule has 4 heterocycles. The average molecular weight is 473 g/mol. The number of hydrogen-bond donors (Lipinski definition) is 2. The highest BCUT2D eigenvalue weighted by Crippen LogP contribution is 2.24. The first kappa shape index (κ1) is 23.5. The summed E-state index contributed by atoms with van der Waals surface area (Å²) in [7, 11) is 0. The predicted molar refractivity (Wildman–Crippen MR) is 139 cm³/mol. The first-order valence-electron chi connectivity index (χ1n) is 12.9. The van der Waals surface area contributed by atoms with E-state index < -0.39 is 5.91 Å². The Hall–Kier alpha value is -3.19. The van der Waals surface area contributed by atoms with Crippen LogP contribution in [-0.2, 0) is 19.3 Å². The molecule has 3 aromatic rings. The Morgan fingerprint density at radius 1 is 1.00 bits per heavy atom. The van der Waals surface area contributed by atoms with Crippen LogP contribution in [-0.4, -0.2) is 58.2 Å². The fourth-order valence-electron chi connectivity index (χ4n) is 5.52. The minimum atomic E-state index is -0.432. The molecule has 0 unspecified atom stereocenters. The number of benzene rings is 1. The van der Waals surface area contributed by atoms with Gasteiger partial charge in [-0.05, 0) is 75.7 Å². The van der Waals surface area contributed by atoms with Crippen molar-refractivity contribution in [1.29, 1.82) is 0 Å². The monoisotopic (exact) mass is 472 g/mol. The van der Waals surface area contributed by atoms with Gasteiger partial charge in [-0.2, -0.15) is 5.10 Å². The van der Waals surface area contributed by atoms with E-state index in [-0.39, 0.29) is 0 Å². The maximum absolute atomic E-state index is 12.3. The molecule has 0 spiro atoms. The van der Waals surface area contributed by atoms with Gasteiger partial charge in [0, 0.05) is 31.7 Å². The zero-order valence-electron chi connectivity index (χ0n) is 20.7. The van der Waals surface area contributed by atoms with Crippen molar-refractivity contribution < 1.29 is 4.79 Å². The van der Waals surface area contributed by atoms with Gasteiger partial charge in [-0.1, -0.05) is 35.9 Å². The smallest absolute Gasteiger partial charge is 0.252 e. The molecule has 0 bridgehead atoms. The predicted octanol–water partition coefficient (Wildman–Crippen LogP) is 3.65. The second-order valence-corrected chi connectivity index (χ2v) is 10.0. The van der Waals surface area contributed by atoms with E-state index in [4.69, 9.17) is 10.7 Å². The molecule has 0 aliphatic carbocycles. The van der Waals surface area contributed by atoms with Crippen LogP contribution in [0.15, 0.2) is 42.6 Å². The second-order valence-electron chi connectivity index (χ2n) is 10.0. The Morgan fingerprint density at radius 2 is 1.71 bits per heavy atom. The standard InChI is InChI=1S/C28H36N6O/c1-20-4-6-21(7-5-20)8-10-24-27(28(29)35)25(32-31-24)18-22-9-11-26(30-19-22)34-16-12-23(13-17-34)33-14-2-3-15-33/h4-7,9,11,19,23H,2-3,8,10,12-18H2,1H3,(H2,29,35)(H,31,32). The fraction of sp³-hybridized carbons (Fsp3) is 0.464. The lowest BCUT2D eigenvalue weighted by Gasteiger charge is -2.37. The van der Waals surface area contributed by atoms with Crippen LogP contribution in [0.25, 0.3) is 0 Å². The van der Waals surface area contributed by atoms with Gasteiger partial charge in [0.2, 0.25) is 0 Å². The quantitative estimate of drug-likeness (QED) is 0.522. The molecule has 184 valence electrons. The number of hydrogen-bond acceptors (Lipinski definition) is 5. The second kappa shape index (κ2) is 10.6. The number of aryl methyl sites for hydroxylation is 3. The van der Waals surface area contributed by atoms with E-state index in [0.717, 1.165) is 48.3 Å². The topological polar surface area (TPSA) is 91.1 Å². The van der Waals surface area contributed by atoms with E-state index in [2.05, 4.69) is 63.3 Å². The lowest BCUT2D eigenvalue weighted by atomic mass is 10.0. The molecule has 1 amide bonds. The Bertz CT molecular complexity index is 1120. The van der Waals surface area contributed by atoms with Crippen LogP contribution in [0.3, 0.4) is 0 Å². The number of likely N-dealkylation sites (tertiary alicyclic amines) is 1. The number of nitrogens with zero attached hydrogens (tertiary/aromatic N) is 4. The van der Waals surface area contributed by atoms with Crippen LogP contribution in [0, 0.1) is 6.92 Å². The van der Waals surface area contributed by atoms with E-state index in [9.17, 15) is 4.79 Å². The number of nitrogens with two attached hydrogens (primary N) is 1. The van der Waals surface area contributed by atoms with Crippen molar-refractivity contribution in [3.8, 4) is 0 Å². The van der Waals surface area contributed by atoms with Gasteiger partial charge in [0.1, 0.15) is 5.82 Å². The summed E-state index contributed by atoms with van der Waals surface area (Å²) in [5.41, 5.74) is 11.3. The molecule has 7 nitrogen and oxygen atoms in total. The molecule has 0 atom stereocenters. The van der Waals surface area contributed by atoms with Crippen LogP contribution in [0.2, 0.25) is 0 Å². The minimum Gasteiger partial charge on any atom is -0.365 e. The molecule has 0 radical (unpaired) electrons. The third-order valence-corrected chi connectivity index (χ3v) is 7.57. The molecular weight excluding hydrogens is 436 g/mol. The molecule has 2 fully saturated rings. The van der Waals surface area contributed by atoms with Gasteiger partial charge in [0.15, 0.2) is 0 Å². The van der Waals surface area contributed by atoms with Crippen molar-refractivity contribution in [1.82, 2.24) is 20.1 Å². The Labute approximate surface area is 207 Å². The Balaban J connectivity index is 1.20. The summed E-state index contributed by atoms with van der Waals surface area (Å²) in [4.78, 5) is 22.1. The number of aromatic amines is 1. The number of H-pyrrole nitrogens is 1. The first-order valence-corrected chi connectivity index (χ1v) is 12.9. The number of anilines is 1. The zero-order valence-corrected chi connectivity index (χ0v) is 20.7. The van der Waals surface area contributed by atoms with Gasteiger partial charge >= 0.3 is 0 Å². The van der Waals surface area contributed by atoms with E-state index in [1.54, 1.807) is 0 Å². The highest BCUT2D eigenvalue weighted by molar-refractivity contribution is 5.95. The summed E-state index contributed by atoms with van der Waals surface area (Å²) in [5, 5.41) is 7.50. The number of carbonyl (C=O) groups is 1. The van der Waals surface area contributed by atoms with E-state index in [1.807, 2.05) is 6.20 Å². The summed E-state index contributed by atoms with van der Waals surface area (Å²) >= 11 is 0. The molecule has 2 saturated heterocycles. The van der Waals surface area contributed by atoms with Crippen molar-refractivity contribution in [2.24, 2.45) is 5.73 Å². The summed E-state index contributed by atoms with van der Waals surface area (Å²) in [6.45, 7) is 6.74. The van der Waals surface area contributed by atoms with E-state index >= 15 is 0 Å². The Kier molecular flexibility index (Phi) is 7.13. The first-order chi connectivity index (χ1) is 17.1. The number of primary amides is 1. The SMILES string of the molecule is Cc1ccc(CCc2n[nH]c(Cc3ccc(N4CCC(N5CCCC5)CC4)nc3)c2C(N)=O)cc1. The number of piperidine rings is 1. The molecule has 5 rings (SSSR count). The van der Waals surface area contributed by atoms with Crippen molar-refractivity contribution in [2.45, 2.75) is 57.9 Å². The number of amides is 1. The van der Waals surface area contributed by atoms with Crippen molar-refractivity contribution in [3.63, 3.8) is 0 Å². The summed E-state index contributed by atoms with van der Waals surface area (Å²) in [5.74, 6) is 0.602. The molecule has 7 heteroatoms. The van der Waals surface area contributed by atoms with Crippen LogP contribution in [0.4, 0.5) is 5.82 Å². The van der Waals surface area contributed by atoms with Gasteiger partial charge in [-0.25, -0.2) is 4.98 Å². The highest BCUT2D eigenvalue weighted by atomic mass is 16.1. The van der Waals surface area contributed by atoms with Gasteiger partial charge in [0.05, 0.1) is 17.0 Å². The van der Waals surface area contributed by atoms with E-state index in [0.29, 0.717) is 18.4 Å². The third kappa shape index (κ3) is 5.56. The molecule has 2 aliphatic heterocycles. The van der Waals surface area contributed by atoms with Crippen LogP contribution in [0.1, 0.15) is 64.1 Å². The molecule has 2 aromatic heterocycles. The largest absolute Gasteiger partial charge is 0.365 e. The number of pyridine rings is 1. The number of carbonyl (C=O) groups excluding carboxylic acids is 1. The van der Waals surface area contributed by atoms with Gasteiger partial charge in [-0.3, -0.25) is 9.89 Å². The summed E-state index contributed by atoms with van der Waals surface area (Å²) in [6.07, 6.45) is 9.09. The molecule has 0 saturated carbocycles. The maximum atomic E-state index is 12.3. The lowest BCUT2D eigenvalue weighted by Crippen LogP contribution is -2.44. The van der Waals surface area contributed by atoms with Crippen molar-refractivity contribution >= 4 is 11.7 Å². The van der Waals surface area contributed by atoms with Gasteiger partial charge in [0.25, 0.3) is 5.91 Å². The van der Waals surface area contributed by atoms with Crippen LogP contribution >= 0.6 is 0 Å². The molecule has 1 aromatic carbocycles. The average Bonchev–Trinajstić information content (AvgIpc) is 3.55. The highest BCUT2D eigenvalue weighted by Gasteiger charge is 2.27. The number of rotatable bonds is 8. The number of nitrogens with one attached hydrogen (secondary N) is 1. The normalized spacial score (nSPS) is 17.2. The molecule has 2 aliphatic rings. The maximum Gasteiger partial charge on any atom is 0.252 e. The number of aromatic nitrogens is 3. The molecule has 3 N–H and O–H groups in total. The van der Waals surface area contributed by atoms with Crippen molar-refractivity contribution in [3.05, 3.63) is 76.2 Å². The van der Waals surface area contributed by atoms with Gasteiger partial charge < -0.3 is 15.5 Å². The molecular formula is C28H36N6O. The third-order valence-electron chi connectivity index (χ3n) is 7.57. The Morgan fingerprint density at radius 3 is 2.37 bits per heavy atom. The minimum absolute atomic E-state index is 0.432. The summed E-state index contributed by atoms with van der Waals surface area (Å²) < 4.78 is 0. The fourth-order valence-corrected chi connectivity index (χ4v) is 5.52. The van der Waals surface area contributed by atoms with Gasteiger partial charge in [-0.15, -0.1) is 0 Å². The van der Waals surface area contributed by atoms with Crippen LogP contribution < -0.4 is 10.6 Å². The van der Waals surface area contributed by atoms with E-state index in [1.165, 1.54) is 49.9 Å². The lowest BCUT2D eigenvalue weighted by molar-refractivity contribution is 0.0998. The van der Waals surface area contributed by atoms with Crippen molar-refractivity contribution in [2.75, 3.05) is 31.1 Å². The summed E-state index contributed by atoms with van der Waals surface area (Å²) in [6, 6.07) is 13.4. The van der Waals surface area contributed by atoms with Crippen LogP contribution in [0.5, 0.6) is 0 Å².